The molecule has 4 nitrogen and oxygen atoms in total. The van der Waals surface area contributed by atoms with Gasteiger partial charge in [0.05, 0.1) is 17.6 Å². The number of fused-ring (bicyclic) bond motifs is 1. The van der Waals surface area contributed by atoms with Gasteiger partial charge in [-0.25, -0.2) is 4.98 Å². The number of hydrogen-bond donors (Lipinski definition) is 2. The van der Waals surface area contributed by atoms with Crippen LogP contribution in [0.5, 0.6) is 5.75 Å². The molecule has 102 valence electrons. The molecule has 3 rings (SSSR count). The van der Waals surface area contributed by atoms with Gasteiger partial charge in [0.1, 0.15) is 5.75 Å². The minimum atomic E-state index is 0.689. The molecule has 1 fully saturated rings. The Morgan fingerprint density at radius 3 is 3.16 bits per heavy atom. The number of rotatable bonds is 7. The molecule has 1 aliphatic rings. The van der Waals surface area contributed by atoms with Gasteiger partial charge in [-0.1, -0.05) is 11.8 Å². The van der Waals surface area contributed by atoms with E-state index < -0.39 is 0 Å². The number of nitrogens with one attached hydrogen (secondary N) is 2. The molecule has 0 spiro atoms. The molecule has 5 heteroatoms. The number of hydrogen-bond acceptors (Lipinski definition) is 4. The van der Waals surface area contributed by atoms with E-state index in [1.165, 1.54) is 12.8 Å². The van der Waals surface area contributed by atoms with Gasteiger partial charge in [0, 0.05) is 24.4 Å². The molecule has 0 amide bonds. The largest absolute Gasteiger partial charge is 0.494 e. The van der Waals surface area contributed by atoms with Gasteiger partial charge < -0.3 is 15.0 Å². The summed E-state index contributed by atoms with van der Waals surface area (Å²) in [4.78, 5) is 7.91. The highest BCUT2D eigenvalue weighted by molar-refractivity contribution is 7.99. The number of aromatic amines is 1. The van der Waals surface area contributed by atoms with Crippen molar-refractivity contribution in [1.29, 1.82) is 0 Å². The molecule has 1 aromatic carbocycles. The zero-order valence-electron chi connectivity index (χ0n) is 11.1. The molecular formula is C14H19N3OS. The van der Waals surface area contributed by atoms with Crippen molar-refractivity contribution >= 4 is 22.8 Å². The predicted octanol–water partition coefficient (Wildman–Crippen LogP) is 2.81. The smallest absolute Gasteiger partial charge is 0.166 e. The second-order valence-corrected chi connectivity index (χ2v) is 5.81. The number of aromatic nitrogens is 2. The Morgan fingerprint density at radius 1 is 1.47 bits per heavy atom. The number of thioether (sulfide) groups is 1. The van der Waals surface area contributed by atoms with Crippen molar-refractivity contribution < 1.29 is 4.74 Å². The molecule has 0 radical (unpaired) electrons. The maximum absolute atomic E-state index is 5.49. The van der Waals surface area contributed by atoms with E-state index in [9.17, 15) is 0 Å². The minimum absolute atomic E-state index is 0.689. The van der Waals surface area contributed by atoms with E-state index in [1.54, 1.807) is 11.8 Å². The van der Waals surface area contributed by atoms with Crippen LogP contribution >= 0.6 is 11.8 Å². The lowest BCUT2D eigenvalue weighted by atomic mass is 10.3. The first-order valence-corrected chi connectivity index (χ1v) is 7.82. The van der Waals surface area contributed by atoms with E-state index in [0.717, 1.165) is 40.3 Å². The van der Waals surface area contributed by atoms with Crippen LogP contribution in [0.1, 0.15) is 19.8 Å². The van der Waals surface area contributed by atoms with Crippen molar-refractivity contribution in [3.05, 3.63) is 18.2 Å². The van der Waals surface area contributed by atoms with Crippen molar-refractivity contribution in [1.82, 2.24) is 15.3 Å². The molecule has 2 N–H and O–H groups in total. The topological polar surface area (TPSA) is 49.9 Å². The molecule has 0 saturated heterocycles. The Labute approximate surface area is 117 Å². The number of H-pyrrole nitrogens is 1. The number of benzene rings is 1. The van der Waals surface area contributed by atoms with Crippen LogP contribution < -0.4 is 10.1 Å². The van der Waals surface area contributed by atoms with Crippen LogP contribution in [-0.2, 0) is 0 Å². The van der Waals surface area contributed by atoms with Crippen LogP contribution in [0.25, 0.3) is 11.0 Å². The van der Waals surface area contributed by atoms with Crippen molar-refractivity contribution in [2.75, 3.05) is 18.9 Å². The third-order valence-electron chi connectivity index (χ3n) is 3.09. The van der Waals surface area contributed by atoms with Crippen molar-refractivity contribution in [3.63, 3.8) is 0 Å². The van der Waals surface area contributed by atoms with Crippen LogP contribution in [0.4, 0.5) is 0 Å². The van der Waals surface area contributed by atoms with Crippen LogP contribution in [0.15, 0.2) is 23.4 Å². The first-order valence-electron chi connectivity index (χ1n) is 6.84. The summed E-state index contributed by atoms with van der Waals surface area (Å²) in [6.07, 6.45) is 2.69. The molecule has 0 bridgehead atoms. The van der Waals surface area contributed by atoms with E-state index in [1.807, 2.05) is 25.1 Å². The highest BCUT2D eigenvalue weighted by Crippen LogP contribution is 2.23. The fourth-order valence-electron chi connectivity index (χ4n) is 1.99. The lowest BCUT2D eigenvalue weighted by Gasteiger charge is -2.00. The summed E-state index contributed by atoms with van der Waals surface area (Å²) < 4.78 is 5.49. The Balaban J connectivity index is 1.59. The van der Waals surface area contributed by atoms with Crippen LogP contribution in [-0.4, -0.2) is 34.9 Å². The van der Waals surface area contributed by atoms with Crippen molar-refractivity contribution in [3.8, 4) is 5.75 Å². The van der Waals surface area contributed by atoms with Gasteiger partial charge in [-0.3, -0.25) is 0 Å². The molecule has 1 heterocycles. The monoisotopic (exact) mass is 277 g/mol. The second kappa shape index (κ2) is 5.84. The third kappa shape index (κ3) is 3.42. The van der Waals surface area contributed by atoms with Crippen molar-refractivity contribution in [2.24, 2.45) is 0 Å². The van der Waals surface area contributed by atoms with Crippen LogP contribution in [0.2, 0.25) is 0 Å². The zero-order chi connectivity index (χ0) is 13.1. The lowest BCUT2D eigenvalue weighted by Crippen LogP contribution is -2.19. The minimum Gasteiger partial charge on any atom is -0.494 e. The van der Waals surface area contributed by atoms with Crippen LogP contribution in [0, 0.1) is 0 Å². The number of ether oxygens (including phenoxy) is 1. The molecule has 2 aromatic rings. The number of nitrogens with zero attached hydrogens (tertiary/aromatic N) is 1. The predicted molar refractivity (Wildman–Crippen MR) is 79.0 cm³/mol. The maximum Gasteiger partial charge on any atom is 0.166 e. The fourth-order valence-corrected chi connectivity index (χ4v) is 2.75. The fraction of sp³-hybridized carbons (Fsp3) is 0.500. The van der Waals surface area contributed by atoms with E-state index in [4.69, 9.17) is 4.74 Å². The molecule has 0 aliphatic heterocycles. The van der Waals surface area contributed by atoms with Gasteiger partial charge >= 0.3 is 0 Å². The van der Waals surface area contributed by atoms with Crippen molar-refractivity contribution in [2.45, 2.75) is 31.0 Å². The Kier molecular flexibility index (Phi) is 3.94. The average Bonchev–Trinajstić information content (AvgIpc) is 3.14. The molecule has 1 aliphatic carbocycles. The SMILES string of the molecule is CCOc1ccc2nc(SCCNC3CC3)[nH]c2c1. The zero-order valence-corrected chi connectivity index (χ0v) is 11.9. The van der Waals surface area contributed by atoms with Gasteiger partial charge in [0.15, 0.2) is 5.16 Å². The molecule has 1 aromatic heterocycles. The summed E-state index contributed by atoms with van der Waals surface area (Å²) in [6.45, 7) is 3.73. The molecule has 19 heavy (non-hydrogen) atoms. The molecule has 1 saturated carbocycles. The Morgan fingerprint density at radius 2 is 2.37 bits per heavy atom. The van der Waals surface area contributed by atoms with E-state index in [2.05, 4.69) is 15.3 Å². The summed E-state index contributed by atoms with van der Waals surface area (Å²) >= 11 is 1.77. The second-order valence-electron chi connectivity index (χ2n) is 4.73. The van der Waals surface area contributed by atoms with Crippen LogP contribution in [0.3, 0.4) is 0 Å². The Hall–Kier alpha value is -1.20. The first-order chi connectivity index (χ1) is 9.35. The van der Waals surface area contributed by atoms with E-state index >= 15 is 0 Å². The summed E-state index contributed by atoms with van der Waals surface area (Å²) in [5.74, 6) is 1.94. The van der Waals surface area contributed by atoms with Gasteiger partial charge in [-0.2, -0.15) is 0 Å². The summed E-state index contributed by atoms with van der Waals surface area (Å²) in [6, 6.07) is 6.77. The van der Waals surface area contributed by atoms with E-state index in [0.29, 0.717) is 6.61 Å². The number of imidazole rings is 1. The van der Waals surface area contributed by atoms with Gasteiger partial charge in [0.2, 0.25) is 0 Å². The lowest BCUT2D eigenvalue weighted by molar-refractivity contribution is 0.340. The average molecular weight is 277 g/mol. The normalized spacial score (nSPS) is 15.0. The summed E-state index contributed by atoms with van der Waals surface area (Å²) in [5, 5.41) is 4.49. The molecule has 0 atom stereocenters. The summed E-state index contributed by atoms with van der Waals surface area (Å²) in [5.41, 5.74) is 2.05. The molecule has 0 unspecified atom stereocenters. The standard InChI is InChI=1S/C14H19N3OS/c1-2-18-11-5-6-12-13(9-11)17-14(16-12)19-8-7-15-10-3-4-10/h5-6,9-10,15H,2-4,7-8H2,1H3,(H,16,17). The highest BCUT2D eigenvalue weighted by atomic mass is 32.2. The maximum atomic E-state index is 5.49. The first kappa shape index (κ1) is 12.8. The van der Waals surface area contributed by atoms with Gasteiger partial charge in [-0.05, 0) is 31.9 Å². The van der Waals surface area contributed by atoms with E-state index in [-0.39, 0.29) is 0 Å². The van der Waals surface area contributed by atoms with Gasteiger partial charge in [-0.15, -0.1) is 0 Å². The molecular weight excluding hydrogens is 258 g/mol. The highest BCUT2D eigenvalue weighted by Gasteiger charge is 2.19. The third-order valence-corrected chi connectivity index (χ3v) is 3.97. The summed E-state index contributed by atoms with van der Waals surface area (Å²) in [7, 11) is 0. The Bertz CT molecular complexity index is 551. The van der Waals surface area contributed by atoms with Gasteiger partial charge in [0.25, 0.3) is 0 Å². The quantitative estimate of drug-likeness (QED) is 0.603.